The molecule has 0 radical (unpaired) electrons. The largest absolute Gasteiger partial charge is 0.493 e. The predicted molar refractivity (Wildman–Crippen MR) is 92.0 cm³/mol. The van der Waals surface area contributed by atoms with E-state index in [0.29, 0.717) is 29.1 Å². The number of nitrogens with two attached hydrogens (primary N) is 1. The van der Waals surface area contributed by atoms with Crippen LogP contribution in [0.25, 0.3) is 0 Å². The number of nitrogens with zero attached hydrogens (tertiary/aromatic N) is 1. The van der Waals surface area contributed by atoms with E-state index in [1.54, 1.807) is 14.2 Å². The molecular weight excluding hydrogens is 308 g/mol. The standard InChI is InChI=1S/C15H25ClN2O2S/c1-10(9-21-5)18(2)12(8-17)11-6-7-13(19-3)15(20-4)14(11)16/h6-7,10,12H,8-9,17H2,1-5H3. The van der Waals surface area contributed by atoms with Crippen LogP contribution in [0.2, 0.25) is 5.02 Å². The van der Waals surface area contributed by atoms with Crippen molar-refractivity contribution in [2.75, 3.05) is 39.8 Å². The Balaban J connectivity index is 3.17. The van der Waals surface area contributed by atoms with Crippen LogP contribution >= 0.6 is 23.4 Å². The highest BCUT2D eigenvalue weighted by Crippen LogP contribution is 2.40. The molecule has 0 amide bonds. The smallest absolute Gasteiger partial charge is 0.179 e. The fraction of sp³-hybridized carbons (Fsp3) is 0.600. The van der Waals surface area contributed by atoms with Crippen molar-refractivity contribution >= 4 is 23.4 Å². The van der Waals surface area contributed by atoms with Crippen molar-refractivity contribution in [1.29, 1.82) is 0 Å². The van der Waals surface area contributed by atoms with Gasteiger partial charge in [0.05, 0.1) is 19.2 Å². The molecular formula is C15H25ClN2O2S. The highest BCUT2D eigenvalue weighted by Gasteiger charge is 2.25. The van der Waals surface area contributed by atoms with E-state index in [1.165, 1.54) is 0 Å². The summed E-state index contributed by atoms with van der Waals surface area (Å²) in [5.74, 6) is 2.22. The fourth-order valence-electron chi connectivity index (χ4n) is 2.34. The Morgan fingerprint density at radius 3 is 2.48 bits per heavy atom. The summed E-state index contributed by atoms with van der Waals surface area (Å²) in [6.07, 6.45) is 2.10. The van der Waals surface area contributed by atoms with Crippen LogP contribution in [0.15, 0.2) is 12.1 Å². The average Bonchev–Trinajstić information content (AvgIpc) is 2.49. The van der Waals surface area contributed by atoms with Gasteiger partial charge in [-0.3, -0.25) is 4.90 Å². The van der Waals surface area contributed by atoms with Crippen molar-refractivity contribution < 1.29 is 9.47 Å². The number of methoxy groups -OCH3 is 2. The predicted octanol–water partition coefficient (Wildman–Crippen LogP) is 3.04. The number of hydrogen-bond donors (Lipinski definition) is 1. The third-order valence-corrected chi connectivity index (χ3v) is 4.90. The van der Waals surface area contributed by atoms with E-state index >= 15 is 0 Å². The normalized spacial score (nSPS) is 14.1. The van der Waals surface area contributed by atoms with Crippen LogP contribution in [0.5, 0.6) is 11.5 Å². The molecule has 1 aromatic carbocycles. The second-order valence-corrected chi connectivity index (χ2v) is 6.21. The summed E-state index contributed by atoms with van der Waals surface area (Å²) in [5.41, 5.74) is 6.96. The number of likely N-dealkylation sites (N-methyl/N-ethyl adjacent to an activating group) is 1. The third-order valence-electron chi connectivity index (χ3n) is 3.69. The molecule has 0 spiro atoms. The first kappa shape index (κ1) is 18.4. The quantitative estimate of drug-likeness (QED) is 0.793. The summed E-state index contributed by atoms with van der Waals surface area (Å²) < 4.78 is 10.6. The second kappa shape index (κ2) is 8.73. The molecule has 1 aromatic rings. The molecule has 120 valence electrons. The maximum absolute atomic E-state index is 6.50. The van der Waals surface area contributed by atoms with Crippen LogP contribution in [-0.2, 0) is 0 Å². The van der Waals surface area contributed by atoms with Gasteiger partial charge in [0.1, 0.15) is 0 Å². The van der Waals surface area contributed by atoms with Crippen LogP contribution < -0.4 is 15.2 Å². The summed E-state index contributed by atoms with van der Waals surface area (Å²) in [4.78, 5) is 2.25. The molecule has 0 aliphatic heterocycles. The van der Waals surface area contributed by atoms with E-state index in [1.807, 2.05) is 23.9 Å². The van der Waals surface area contributed by atoms with Gasteiger partial charge < -0.3 is 15.2 Å². The summed E-state index contributed by atoms with van der Waals surface area (Å²) in [5, 5.41) is 0.565. The minimum absolute atomic E-state index is 0.0412. The van der Waals surface area contributed by atoms with Gasteiger partial charge in [0.15, 0.2) is 11.5 Å². The topological polar surface area (TPSA) is 47.7 Å². The first-order valence-corrected chi connectivity index (χ1v) is 8.60. The van der Waals surface area contributed by atoms with E-state index < -0.39 is 0 Å². The third kappa shape index (κ3) is 4.19. The lowest BCUT2D eigenvalue weighted by atomic mass is 10.0. The monoisotopic (exact) mass is 332 g/mol. The van der Waals surface area contributed by atoms with Crippen LogP contribution in [0.1, 0.15) is 18.5 Å². The van der Waals surface area contributed by atoms with Gasteiger partial charge in [-0.25, -0.2) is 0 Å². The molecule has 0 aliphatic rings. The molecule has 0 heterocycles. The van der Waals surface area contributed by atoms with Gasteiger partial charge in [-0.1, -0.05) is 17.7 Å². The number of rotatable bonds is 8. The fourth-order valence-corrected chi connectivity index (χ4v) is 3.42. The molecule has 4 nitrogen and oxygen atoms in total. The van der Waals surface area contributed by atoms with Crippen LogP contribution in [0, 0.1) is 0 Å². The Morgan fingerprint density at radius 1 is 1.33 bits per heavy atom. The number of benzene rings is 1. The van der Waals surface area contributed by atoms with Crippen molar-refractivity contribution in [2.45, 2.75) is 19.0 Å². The van der Waals surface area contributed by atoms with Crippen molar-refractivity contribution in [1.82, 2.24) is 4.90 Å². The van der Waals surface area contributed by atoms with Crippen LogP contribution in [0.3, 0.4) is 0 Å². The van der Waals surface area contributed by atoms with Gasteiger partial charge in [0.25, 0.3) is 0 Å². The maximum atomic E-state index is 6.50. The molecule has 1 rings (SSSR count). The van der Waals surface area contributed by atoms with Gasteiger partial charge in [-0.15, -0.1) is 0 Å². The highest BCUT2D eigenvalue weighted by atomic mass is 35.5. The molecule has 0 aliphatic carbocycles. The number of thioether (sulfide) groups is 1. The molecule has 2 N–H and O–H groups in total. The minimum atomic E-state index is 0.0412. The molecule has 0 saturated carbocycles. The second-order valence-electron chi connectivity index (χ2n) is 4.93. The molecule has 0 bridgehead atoms. The van der Waals surface area contributed by atoms with Crippen molar-refractivity contribution in [3.63, 3.8) is 0 Å². The first-order valence-electron chi connectivity index (χ1n) is 6.83. The molecule has 0 saturated heterocycles. The Morgan fingerprint density at radius 2 is 2.00 bits per heavy atom. The number of halogens is 1. The van der Waals surface area contributed by atoms with E-state index in [9.17, 15) is 0 Å². The first-order chi connectivity index (χ1) is 10.0. The zero-order valence-corrected chi connectivity index (χ0v) is 14.9. The SMILES string of the molecule is COc1ccc(C(CN)N(C)C(C)CSC)c(Cl)c1OC. The van der Waals surface area contributed by atoms with E-state index in [0.717, 1.165) is 11.3 Å². The zero-order chi connectivity index (χ0) is 16.0. The number of ether oxygens (including phenoxy) is 2. The summed E-state index contributed by atoms with van der Waals surface area (Å²) in [6.45, 7) is 2.68. The van der Waals surface area contributed by atoms with E-state index in [2.05, 4.69) is 25.1 Å². The minimum Gasteiger partial charge on any atom is -0.493 e. The van der Waals surface area contributed by atoms with Crippen molar-refractivity contribution in [2.24, 2.45) is 5.73 Å². The van der Waals surface area contributed by atoms with E-state index in [-0.39, 0.29) is 6.04 Å². The van der Waals surface area contributed by atoms with Gasteiger partial charge in [-0.2, -0.15) is 11.8 Å². The molecule has 0 fully saturated rings. The maximum Gasteiger partial charge on any atom is 0.179 e. The van der Waals surface area contributed by atoms with Crippen LogP contribution in [0.4, 0.5) is 0 Å². The van der Waals surface area contributed by atoms with Crippen molar-refractivity contribution in [3.05, 3.63) is 22.7 Å². The lowest BCUT2D eigenvalue weighted by molar-refractivity contribution is 0.204. The van der Waals surface area contributed by atoms with Gasteiger partial charge >= 0.3 is 0 Å². The van der Waals surface area contributed by atoms with E-state index in [4.69, 9.17) is 26.8 Å². The molecule has 2 atom stereocenters. The molecule has 6 heteroatoms. The number of hydrogen-bond acceptors (Lipinski definition) is 5. The Bertz CT molecular complexity index is 460. The molecule has 0 aromatic heterocycles. The Kier molecular flexibility index (Phi) is 7.66. The Labute approximate surface area is 136 Å². The lowest BCUT2D eigenvalue weighted by Gasteiger charge is -2.33. The van der Waals surface area contributed by atoms with Gasteiger partial charge in [0, 0.05) is 24.4 Å². The van der Waals surface area contributed by atoms with Gasteiger partial charge in [-0.05, 0) is 31.9 Å². The summed E-state index contributed by atoms with van der Waals surface area (Å²) in [7, 11) is 5.26. The highest BCUT2D eigenvalue weighted by molar-refractivity contribution is 7.98. The molecule has 21 heavy (non-hydrogen) atoms. The van der Waals surface area contributed by atoms with Crippen LogP contribution in [-0.4, -0.2) is 50.8 Å². The summed E-state index contributed by atoms with van der Waals surface area (Å²) in [6, 6.07) is 4.27. The lowest BCUT2D eigenvalue weighted by Crippen LogP contribution is -2.38. The van der Waals surface area contributed by atoms with Crippen molar-refractivity contribution in [3.8, 4) is 11.5 Å². The summed E-state index contributed by atoms with van der Waals surface area (Å²) >= 11 is 8.32. The Hall–Kier alpha value is -0.620. The molecule has 2 unspecified atom stereocenters. The zero-order valence-electron chi connectivity index (χ0n) is 13.4. The van der Waals surface area contributed by atoms with Gasteiger partial charge in [0.2, 0.25) is 0 Å². The average molecular weight is 333 g/mol.